The smallest absolute Gasteiger partial charge is 0.319 e. The third-order valence-corrected chi connectivity index (χ3v) is 5.37. The van der Waals surface area contributed by atoms with Crippen LogP contribution in [0.4, 0.5) is 5.95 Å². The second kappa shape index (κ2) is 8.16. The lowest BCUT2D eigenvalue weighted by Crippen LogP contribution is -2.41. The Kier molecular flexibility index (Phi) is 5.45. The normalized spacial score (nSPS) is 15.6. The topological polar surface area (TPSA) is 83.1 Å². The molecule has 0 atom stereocenters. The molecule has 7 nitrogen and oxygen atoms in total. The SMILES string of the molecule is COC(=O)CN1CCC(Nc2ncc(Cl)c(-c3c[nH]c4ccccc34)n2)CC1. The van der Waals surface area contributed by atoms with E-state index in [9.17, 15) is 4.79 Å². The molecule has 1 aliphatic rings. The van der Waals surface area contributed by atoms with Gasteiger partial charge in [0, 0.05) is 41.8 Å². The lowest BCUT2D eigenvalue weighted by molar-refractivity contribution is -0.142. The molecule has 1 aliphatic heterocycles. The van der Waals surface area contributed by atoms with Crippen LogP contribution >= 0.6 is 11.6 Å². The third kappa shape index (κ3) is 3.95. The van der Waals surface area contributed by atoms with Crippen LogP contribution in [0.15, 0.2) is 36.7 Å². The van der Waals surface area contributed by atoms with Gasteiger partial charge in [-0.1, -0.05) is 29.8 Å². The predicted molar refractivity (Wildman–Crippen MR) is 109 cm³/mol. The molecule has 1 aromatic carbocycles. The molecule has 0 spiro atoms. The fraction of sp³-hybridized carbons (Fsp3) is 0.350. The molecule has 3 heterocycles. The van der Waals surface area contributed by atoms with E-state index in [0.29, 0.717) is 23.2 Å². The maximum absolute atomic E-state index is 11.4. The van der Waals surface area contributed by atoms with Crippen molar-refractivity contribution >= 4 is 34.4 Å². The first-order valence-electron chi connectivity index (χ1n) is 9.29. The number of esters is 1. The molecule has 0 radical (unpaired) electrons. The number of carbonyl (C=O) groups excluding carboxylic acids is 1. The van der Waals surface area contributed by atoms with E-state index in [1.807, 2.05) is 30.5 Å². The van der Waals surface area contributed by atoms with Crippen LogP contribution in [0.25, 0.3) is 22.2 Å². The van der Waals surface area contributed by atoms with Crippen molar-refractivity contribution in [1.29, 1.82) is 0 Å². The number of likely N-dealkylation sites (tertiary alicyclic amines) is 1. The monoisotopic (exact) mass is 399 g/mol. The Balaban J connectivity index is 1.47. The number of methoxy groups -OCH3 is 1. The number of anilines is 1. The number of rotatable bonds is 5. The van der Waals surface area contributed by atoms with Crippen LogP contribution in [0.3, 0.4) is 0 Å². The Morgan fingerprint density at radius 3 is 2.93 bits per heavy atom. The number of H-pyrrole nitrogens is 1. The number of halogens is 1. The number of aromatic amines is 1. The van der Waals surface area contributed by atoms with Gasteiger partial charge in [-0.25, -0.2) is 9.97 Å². The van der Waals surface area contributed by atoms with Crippen molar-refractivity contribution in [3.63, 3.8) is 0 Å². The number of ether oxygens (including phenoxy) is 1. The molecule has 8 heteroatoms. The van der Waals surface area contributed by atoms with E-state index in [4.69, 9.17) is 16.3 Å². The highest BCUT2D eigenvalue weighted by Gasteiger charge is 2.22. The summed E-state index contributed by atoms with van der Waals surface area (Å²) in [6.45, 7) is 2.00. The van der Waals surface area contributed by atoms with E-state index >= 15 is 0 Å². The first kappa shape index (κ1) is 18.7. The minimum absolute atomic E-state index is 0.198. The number of hydrogen-bond donors (Lipinski definition) is 2. The number of hydrogen-bond acceptors (Lipinski definition) is 6. The van der Waals surface area contributed by atoms with E-state index in [1.54, 1.807) is 6.20 Å². The molecule has 3 aromatic rings. The van der Waals surface area contributed by atoms with Gasteiger partial charge in [0.25, 0.3) is 0 Å². The minimum atomic E-state index is -0.198. The van der Waals surface area contributed by atoms with Crippen molar-refractivity contribution in [3.8, 4) is 11.3 Å². The average molecular weight is 400 g/mol. The average Bonchev–Trinajstić information content (AvgIpc) is 3.15. The van der Waals surface area contributed by atoms with Crippen LogP contribution in [0.1, 0.15) is 12.8 Å². The molecule has 4 rings (SSSR count). The first-order valence-corrected chi connectivity index (χ1v) is 9.66. The van der Waals surface area contributed by atoms with Crippen molar-refractivity contribution in [1.82, 2.24) is 19.9 Å². The second-order valence-electron chi connectivity index (χ2n) is 6.91. The van der Waals surface area contributed by atoms with Crippen molar-refractivity contribution in [3.05, 3.63) is 41.7 Å². The molecule has 2 aromatic heterocycles. The number of fused-ring (bicyclic) bond motifs is 1. The third-order valence-electron chi connectivity index (χ3n) is 5.09. The fourth-order valence-electron chi connectivity index (χ4n) is 3.56. The highest BCUT2D eigenvalue weighted by Crippen LogP contribution is 2.32. The number of aromatic nitrogens is 3. The van der Waals surface area contributed by atoms with Crippen molar-refractivity contribution in [2.75, 3.05) is 32.1 Å². The summed E-state index contributed by atoms with van der Waals surface area (Å²) in [5.74, 6) is 0.368. The molecule has 2 N–H and O–H groups in total. The van der Waals surface area contributed by atoms with Crippen LogP contribution < -0.4 is 5.32 Å². The summed E-state index contributed by atoms with van der Waals surface area (Å²) in [5, 5.41) is 5.00. The molecule has 146 valence electrons. The van der Waals surface area contributed by atoms with Crippen LogP contribution in [0.2, 0.25) is 5.02 Å². The molecule has 0 amide bonds. The van der Waals surface area contributed by atoms with Gasteiger partial charge < -0.3 is 15.0 Å². The largest absolute Gasteiger partial charge is 0.468 e. The van der Waals surface area contributed by atoms with E-state index < -0.39 is 0 Å². The number of piperidine rings is 1. The number of para-hydroxylation sites is 1. The predicted octanol–water partition coefficient (Wildman–Crippen LogP) is 3.33. The molecule has 0 unspecified atom stereocenters. The summed E-state index contributed by atoms with van der Waals surface area (Å²) >= 11 is 6.39. The van der Waals surface area contributed by atoms with Gasteiger partial charge in [-0.05, 0) is 18.9 Å². The van der Waals surface area contributed by atoms with Gasteiger partial charge in [0.15, 0.2) is 0 Å². The lowest BCUT2D eigenvalue weighted by atomic mass is 10.1. The van der Waals surface area contributed by atoms with Crippen LogP contribution in [-0.2, 0) is 9.53 Å². The molecular formula is C20H22ClN5O2. The van der Waals surface area contributed by atoms with E-state index in [0.717, 1.165) is 42.4 Å². The quantitative estimate of drug-likeness (QED) is 0.640. The first-order chi connectivity index (χ1) is 13.6. The highest BCUT2D eigenvalue weighted by atomic mass is 35.5. The Morgan fingerprint density at radius 1 is 1.36 bits per heavy atom. The van der Waals surface area contributed by atoms with Gasteiger partial charge in [0.1, 0.15) is 0 Å². The van der Waals surface area contributed by atoms with Crippen molar-refractivity contribution in [2.45, 2.75) is 18.9 Å². The van der Waals surface area contributed by atoms with Crippen molar-refractivity contribution in [2.24, 2.45) is 0 Å². The Hall–Kier alpha value is -2.64. The second-order valence-corrected chi connectivity index (χ2v) is 7.32. The number of carbonyl (C=O) groups is 1. The Morgan fingerprint density at radius 2 is 2.14 bits per heavy atom. The van der Waals surface area contributed by atoms with Crippen molar-refractivity contribution < 1.29 is 9.53 Å². The lowest BCUT2D eigenvalue weighted by Gasteiger charge is -2.31. The van der Waals surface area contributed by atoms with Gasteiger partial charge in [-0.3, -0.25) is 9.69 Å². The maximum atomic E-state index is 11.4. The molecule has 0 aliphatic carbocycles. The van der Waals surface area contributed by atoms with Gasteiger partial charge in [-0.15, -0.1) is 0 Å². The Labute approximate surface area is 168 Å². The van der Waals surface area contributed by atoms with E-state index in [-0.39, 0.29) is 12.0 Å². The molecular weight excluding hydrogens is 378 g/mol. The standard InChI is InChI=1S/C20H22ClN5O2/c1-28-18(27)12-26-8-6-13(7-9-26)24-20-23-11-16(21)19(25-20)15-10-22-17-5-3-2-4-14(15)17/h2-5,10-11,13,22H,6-9,12H2,1H3,(H,23,24,25). The highest BCUT2D eigenvalue weighted by molar-refractivity contribution is 6.33. The van der Waals surface area contributed by atoms with Crippen LogP contribution in [0, 0.1) is 0 Å². The Bertz CT molecular complexity index is 982. The summed E-state index contributed by atoms with van der Waals surface area (Å²) in [4.78, 5) is 25.8. The molecule has 1 fully saturated rings. The fourth-order valence-corrected chi connectivity index (χ4v) is 3.75. The summed E-state index contributed by atoms with van der Waals surface area (Å²) in [5.41, 5.74) is 2.71. The van der Waals surface area contributed by atoms with Gasteiger partial charge in [0.05, 0.1) is 30.6 Å². The summed E-state index contributed by atoms with van der Waals surface area (Å²) in [7, 11) is 1.42. The van der Waals surface area contributed by atoms with Crippen LogP contribution in [-0.4, -0.2) is 58.6 Å². The van der Waals surface area contributed by atoms with E-state index in [2.05, 4.69) is 25.2 Å². The summed E-state index contributed by atoms with van der Waals surface area (Å²) < 4.78 is 4.73. The minimum Gasteiger partial charge on any atom is -0.468 e. The van der Waals surface area contributed by atoms with Gasteiger partial charge in [0.2, 0.25) is 5.95 Å². The molecule has 0 saturated carbocycles. The maximum Gasteiger partial charge on any atom is 0.319 e. The van der Waals surface area contributed by atoms with E-state index in [1.165, 1.54) is 7.11 Å². The summed E-state index contributed by atoms with van der Waals surface area (Å²) in [6.07, 6.45) is 5.38. The summed E-state index contributed by atoms with van der Waals surface area (Å²) in [6, 6.07) is 8.31. The zero-order valence-electron chi connectivity index (χ0n) is 15.6. The molecule has 0 bridgehead atoms. The number of nitrogens with zero attached hydrogens (tertiary/aromatic N) is 3. The number of benzene rings is 1. The van der Waals surface area contributed by atoms with Gasteiger partial charge >= 0.3 is 5.97 Å². The zero-order valence-corrected chi connectivity index (χ0v) is 16.4. The van der Waals surface area contributed by atoms with Crippen LogP contribution in [0.5, 0.6) is 0 Å². The molecule has 1 saturated heterocycles. The zero-order chi connectivity index (χ0) is 19.5. The van der Waals surface area contributed by atoms with Gasteiger partial charge in [-0.2, -0.15) is 0 Å². The number of nitrogens with one attached hydrogen (secondary N) is 2. The molecule has 28 heavy (non-hydrogen) atoms.